The van der Waals surface area contributed by atoms with E-state index in [4.69, 9.17) is 23.2 Å². The van der Waals surface area contributed by atoms with Crippen molar-refractivity contribution in [1.29, 1.82) is 0 Å². The van der Waals surface area contributed by atoms with Gasteiger partial charge in [-0.2, -0.15) is 0 Å². The molecule has 170 valence electrons. The highest BCUT2D eigenvalue weighted by molar-refractivity contribution is 7.28. The van der Waals surface area contributed by atoms with Crippen LogP contribution in [-0.2, 0) is 6.54 Å². The van der Waals surface area contributed by atoms with Gasteiger partial charge in [-0.25, -0.2) is 9.18 Å². The number of amides is 2. The van der Waals surface area contributed by atoms with Crippen molar-refractivity contribution in [3.05, 3.63) is 75.5 Å². The number of nitrogens with zero attached hydrogens (tertiary/aromatic N) is 1. The quantitative estimate of drug-likeness (QED) is 0.424. The molecular weight excluding hydrogens is 479 g/mol. The van der Waals surface area contributed by atoms with Crippen molar-refractivity contribution in [2.24, 2.45) is 0 Å². The lowest BCUT2D eigenvalue weighted by Crippen LogP contribution is -2.42. The van der Waals surface area contributed by atoms with Crippen molar-refractivity contribution >= 4 is 55.2 Å². The highest BCUT2D eigenvalue weighted by Crippen LogP contribution is 2.45. The zero-order valence-electron chi connectivity index (χ0n) is 17.8. The van der Waals surface area contributed by atoms with Gasteiger partial charge in [-0.05, 0) is 84.2 Å². The van der Waals surface area contributed by atoms with Crippen LogP contribution in [0.15, 0.2) is 48.5 Å². The Morgan fingerprint density at radius 1 is 1.00 bits per heavy atom. The average molecular weight is 502 g/mol. The Bertz CT molecular complexity index is 1230. The van der Waals surface area contributed by atoms with Gasteiger partial charge in [0, 0.05) is 12.1 Å². The molecule has 1 fully saturated rings. The second-order valence-electron chi connectivity index (χ2n) is 8.39. The van der Waals surface area contributed by atoms with Gasteiger partial charge in [0.05, 0.1) is 21.4 Å². The van der Waals surface area contributed by atoms with E-state index >= 15 is 0 Å². The number of benzene rings is 3. The van der Waals surface area contributed by atoms with Crippen LogP contribution in [0.5, 0.6) is 0 Å². The third-order valence-corrected chi connectivity index (χ3v) is 7.47. The smallest absolute Gasteiger partial charge is 0.326 e. The summed E-state index contributed by atoms with van der Waals surface area (Å²) in [6.07, 6.45) is 2.02. The van der Waals surface area contributed by atoms with Gasteiger partial charge in [0.25, 0.3) is 0 Å². The van der Waals surface area contributed by atoms with E-state index in [0.717, 1.165) is 59.2 Å². The van der Waals surface area contributed by atoms with Gasteiger partial charge in [0.15, 0.2) is 0 Å². The summed E-state index contributed by atoms with van der Waals surface area (Å²) in [7, 11) is 2.63. The Morgan fingerprint density at radius 3 is 2.42 bits per heavy atom. The van der Waals surface area contributed by atoms with Gasteiger partial charge in [-0.15, -0.1) is 9.24 Å². The fourth-order valence-electron chi connectivity index (χ4n) is 4.75. The molecule has 1 saturated heterocycles. The molecule has 2 N–H and O–H groups in total. The lowest BCUT2D eigenvalue weighted by atomic mass is 9.85. The van der Waals surface area contributed by atoms with Crippen LogP contribution in [0.1, 0.15) is 29.9 Å². The van der Waals surface area contributed by atoms with E-state index in [9.17, 15) is 9.18 Å². The number of para-hydroxylation sites is 1. The maximum atomic E-state index is 13.9. The third kappa shape index (κ3) is 4.24. The lowest BCUT2D eigenvalue weighted by Gasteiger charge is -2.34. The second-order valence-corrected chi connectivity index (χ2v) is 9.82. The predicted molar refractivity (Wildman–Crippen MR) is 137 cm³/mol. The number of fused-ring (bicyclic) bond motifs is 1. The van der Waals surface area contributed by atoms with Gasteiger partial charge in [-0.3, -0.25) is 4.90 Å². The Balaban J connectivity index is 1.77. The average Bonchev–Trinajstić information content (AvgIpc) is 2.80. The van der Waals surface area contributed by atoms with Crippen molar-refractivity contribution in [3.63, 3.8) is 0 Å². The number of halogens is 3. The van der Waals surface area contributed by atoms with E-state index in [1.165, 1.54) is 12.1 Å². The standard InChI is InChI=1S/C25H23Cl2FN3OP/c26-20-2-1-3-21(27)24(20)31-22-11-15(14-6-8-29-9-7-14)10-18(19(22)13-30-25(31)32)17-5-4-16(28)12-23(17)33/h1-5,10-12,14,29H,6-9,13,33H2,(H,30,32). The summed E-state index contributed by atoms with van der Waals surface area (Å²) in [4.78, 5) is 14.7. The first-order chi connectivity index (χ1) is 15.9. The minimum absolute atomic E-state index is 0.281. The van der Waals surface area contributed by atoms with E-state index in [1.807, 2.05) is 0 Å². The Labute approximate surface area is 204 Å². The largest absolute Gasteiger partial charge is 0.333 e. The van der Waals surface area contributed by atoms with Crippen LogP contribution in [0, 0.1) is 5.82 Å². The van der Waals surface area contributed by atoms with Crippen LogP contribution in [0.3, 0.4) is 0 Å². The van der Waals surface area contributed by atoms with E-state index in [-0.39, 0.29) is 11.8 Å². The molecule has 0 radical (unpaired) electrons. The molecule has 3 aromatic carbocycles. The predicted octanol–water partition coefficient (Wildman–Crippen LogP) is 6.13. The molecule has 33 heavy (non-hydrogen) atoms. The SMILES string of the molecule is O=C1NCc2c(-c3ccc(F)cc3P)cc(C3CCNCC3)cc2N1c1c(Cl)cccc1Cl. The summed E-state index contributed by atoms with van der Waals surface area (Å²) in [5, 5.41) is 7.93. The first kappa shape index (κ1) is 22.6. The molecule has 0 aromatic heterocycles. The van der Waals surface area contributed by atoms with E-state index in [1.54, 1.807) is 29.2 Å². The number of hydrogen-bond acceptors (Lipinski definition) is 2. The van der Waals surface area contributed by atoms with E-state index < -0.39 is 0 Å². The number of carbonyl (C=O) groups is 1. The molecule has 0 spiro atoms. The molecule has 8 heteroatoms. The number of urea groups is 1. The molecule has 0 aliphatic carbocycles. The van der Waals surface area contributed by atoms with Crippen LogP contribution < -0.4 is 20.8 Å². The topological polar surface area (TPSA) is 44.4 Å². The number of nitrogens with one attached hydrogen (secondary N) is 2. The molecule has 5 rings (SSSR count). The van der Waals surface area contributed by atoms with Crippen LogP contribution in [0.25, 0.3) is 11.1 Å². The minimum Gasteiger partial charge on any atom is -0.333 e. The Kier molecular flexibility index (Phi) is 6.32. The van der Waals surface area contributed by atoms with E-state index in [2.05, 4.69) is 32.0 Å². The lowest BCUT2D eigenvalue weighted by molar-refractivity contribution is 0.247. The number of anilines is 2. The molecule has 4 nitrogen and oxygen atoms in total. The fraction of sp³-hybridized carbons (Fsp3) is 0.240. The van der Waals surface area contributed by atoms with Crippen LogP contribution in [0.2, 0.25) is 10.0 Å². The highest BCUT2D eigenvalue weighted by atomic mass is 35.5. The summed E-state index contributed by atoms with van der Waals surface area (Å²) >= 11 is 13.0. The van der Waals surface area contributed by atoms with Crippen molar-refractivity contribution in [3.8, 4) is 11.1 Å². The number of carbonyl (C=O) groups excluding carboxylic acids is 1. The summed E-state index contributed by atoms with van der Waals surface area (Å²) in [6, 6.07) is 14.0. The van der Waals surface area contributed by atoms with Gasteiger partial charge < -0.3 is 10.6 Å². The number of piperidine rings is 1. The van der Waals surface area contributed by atoms with Gasteiger partial charge in [0.1, 0.15) is 5.82 Å². The van der Waals surface area contributed by atoms with Crippen LogP contribution in [-0.4, -0.2) is 19.1 Å². The van der Waals surface area contributed by atoms with E-state index in [0.29, 0.717) is 28.2 Å². The number of rotatable bonds is 3. The summed E-state index contributed by atoms with van der Waals surface area (Å²) < 4.78 is 13.9. The fourth-order valence-corrected chi connectivity index (χ4v) is 5.73. The Morgan fingerprint density at radius 2 is 1.73 bits per heavy atom. The van der Waals surface area contributed by atoms with Crippen LogP contribution >= 0.6 is 32.4 Å². The van der Waals surface area contributed by atoms with Gasteiger partial charge in [-0.1, -0.05) is 41.4 Å². The zero-order chi connectivity index (χ0) is 23.1. The first-order valence-corrected chi connectivity index (χ1v) is 12.2. The summed E-state index contributed by atoms with van der Waals surface area (Å²) in [5.41, 5.74) is 5.20. The summed E-state index contributed by atoms with van der Waals surface area (Å²) in [5.74, 6) is 0.0715. The minimum atomic E-state index is -0.287. The van der Waals surface area contributed by atoms with Gasteiger partial charge in [0.2, 0.25) is 0 Å². The molecule has 0 saturated carbocycles. The monoisotopic (exact) mass is 501 g/mol. The molecular formula is C25H23Cl2FN3OP. The highest BCUT2D eigenvalue weighted by Gasteiger charge is 2.32. The molecule has 3 aromatic rings. The first-order valence-electron chi connectivity index (χ1n) is 10.9. The molecule has 1 atom stereocenters. The molecule has 2 heterocycles. The maximum absolute atomic E-state index is 13.9. The van der Waals surface area contributed by atoms with Crippen molar-refractivity contribution in [2.45, 2.75) is 25.3 Å². The second kappa shape index (κ2) is 9.23. The number of hydrogen-bond donors (Lipinski definition) is 2. The maximum Gasteiger partial charge on any atom is 0.326 e. The molecule has 2 aliphatic rings. The molecule has 2 aliphatic heterocycles. The van der Waals surface area contributed by atoms with Gasteiger partial charge >= 0.3 is 6.03 Å². The molecule has 2 amide bonds. The third-order valence-electron chi connectivity index (χ3n) is 6.38. The summed E-state index contributed by atoms with van der Waals surface area (Å²) in [6.45, 7) is 2.25. The van der Waals surface area contributed by atoms with Crippen molar-refractivity contribution < 1.29 is 9.18 Å². The molecule has 0 bridgehead atoms. The van der Waals surface area contributed by atoms with Crippen LogP contribution in [0.4, 0.5) is 20.6 Å². The normalized spacial score (nSPS) is 16.5. The van der Waals surface area contributed by atoms with Crippen molar-refractivity contribution in [1.82, 2.24) is 10.6 Å². The zero-order valence-corrected chi connectivity index (χ0v) is 20.5. The molecule has 1 unspecified atom stereocenters. The van der Waals surface area contributed by atoms with Crippen molar-refractivity contribution in [2.75, 3.05) is 18.0 Å². The Hall–Kier alpha value is -2.17.